The van der Waals surface area contributed by atoms with Gasteiger partial charge in [-0.15, -0.1) is 0 Å². The summed E-state index contributed by atoms with van der Waals surface area (Å²) in [4.78, 5) is 11.8. The second-order valence-electron chi connectivity index (χ2n) is 3.38. The number of hydrogen-bond acceptors (Lipinski definition) is 4. The van der Waals surface area contributed by atoms with Crippen LogP contribution < -0.4 is 14.9 Å². The number of nitrogens with zero attached hydrogens (tertiary/aromatic N) is 1. The van der Waals surface area contributed by atoms with E-state index in [-0.39, 0.29) is 0 Å². The second-order valence-corrected chi connectivity index (χ2v) is 4.59. The first-order valence-electron chi connectivity index (χ1n) is 4.83. The Morgan fingerprint density at radius 1 is 1.29 bits per heavy atom. The molecular weight excluding hydrogens is 242 g/mol. The van der Waals surface area contributed by atoms with Crippen molar-refractivity contribution in [2.45, 2.75) is 4.90 Å². The average molecular weight is 257 g/mol. The molecule has 0 aliphatic heterocycles. The van der Waals surface area contributed by atoms with Crippen LogP contribution in [0.4, 0.5) is 4.79 Å². The summed E-state index contributed by atoms with van der Waals surface area (Å²) < 4.78 is 19.0. The Balaban J connectivity index is 2.60. The van der Waals surface area contributed by atoms with Crippen LogP contribution in [0.2, 0.25) is 0 Å². The zero-order valence-corrected chi connectivity index (χ0v) is 10.7. The van der Waals surface area contributed by atoms with Gasteiger partial charge in [0.15, 0.2) is 11.0 Å². The molecule has 0 aliphatic carbocycles. The lowest BCUT2D eigenvalue weighted by atomic mass is 10.3. The maximum absolute atomic E-state index is 11.7. The molecule has 0 bridgehead atoms. The Morgan fingerprint density at radius 3 is 2.35 bits per heavy atom. The molecule has 0 fully saturated rings. The minimum absolute atomic E-state index is 0.500. The summed E-state index contributed by atoms with van der Waals surface area (Å²) in [6.45, 7) is 0. The monoisotopic (exact) mass is 257 g/mol. The van der Waals surface area contributed by atoms with Gasteiger partial charge in [-0.3, -0.25) is 10.1 Å². The van der Waals surface area contributed by atoms with Gasteiger partial charge in [0.2, 0.25) is 0 Å². The predicted molar refractivity (Wildman–Crippen MR) is 64.8 cm³/mol. The van der Waals surface area contributed by atoms with E-state index in [4.69, 9.17) is 4.74 Å². The van der Waals surface area contributed by atoms with Gasteiger partial charge in [0, 0.05) is 14.1 Å². The van der Waals surface area contributed by atoms with Gasteiger partial charge in [-0.05, 0) is 24.3 Å². The number of carbonyl (C=O) groups is 1. The number of hydrazine groups is 1. The van der Waals surface area contributed by atoms with E-state index in [1.807, 2.05) is 0 Å². The molecule has 7 heteroatoms. The van der Waals surface area contributed by atoms with Crippen LogP contribution in [0.1, 0.15) is 0 Å². The van der Waals surface area contributed by atoms with E-state index in [0.717, 1.165) is 0 Å². The largest absolute Gasteiger partial charge is 0.497 e. The number of benzene rings is 1. The third-order valence-corrected chi connectivity index (χ3v) is 2.86. The van der Waals surface area contributed by atoms with Gasteiger partial charge in [0.25, 0.3) is 0 Å². The van der Waals surface area contributed by atoms with Crippen molar-refractivity contribution in [3.8, 4) is 5.75 Å². The third-order valence-electron chi connectivity index (χ3n) is 1.78. The normalized spacial score (nSPS) is 12.0. The maximum Gasteiger partial charge on any atom is 0.341 e. The van der Waals surface area contributed by atoms with Gasteiger partial charge in [0.1, 0.15) is 5.75 Å². The lowest BCUT2D eigenvalue weighted by Crippen LogP contribution is -2.43. The summed E-state index contributed by atoms with van der Waals surface area (Å²) in [6.07, 6.45) is 0. The summed E-state index contributed by atoms with van der Waals surface area (Å²) in [6, 6.07) is 6.09. The molecule has 2 amide bonds. The smallest absolute Gasteiger partial charge is 0.341 e. The summed E-state index contributed by atoms with van der Waals surface area (Å²) >= 11 is 0. The fourth-order valence-electron chi connectivity index (χ4n) is 1.07. The van der Waals surface area contributed by atoms with Crippen molar-refractivity contribution in [3.05, 3.63) is 24.3 Å². The summed E-state index contributed by atoms with van der Waals surface area (Å²) in [7, 11) is 3.29. The van der Waals surface area contributed by atoms with Crippen LogP contribution >= 0.6 is 0 Å². The van der Waals surface area contributed by atoms with Crippen LogP contribution in [0.3, 0.4) is 0 Å². The standard InChI is InChI=1S/C10H15N3O3S/c1-13(2)11-10(14)12-17(15)9-6-4-8(16-3)5-7-9/h4-7H,1-3H3,(H2,11,12,14). The van der Waals surface area contributed by atoms with Crippen molar-refractivity contribution in [2.24, 2.45) is 0 Å². The van der Waals surface area contributed by atoms with E-state index >= 15 is 0 Å². The molecule has 0 spiro atoms. The topological polar surface area (TPSA) is 70.7 Å². The van der Waals surface area contributed by atoms with Gasteiger partial charge in [-0.25, -0.2) is 14.0 Å². The van der Waals surface area contributed by atoms with E-state index in [2.05, 4.69) is 10.1 Å². The van der Waals surface area contributed by atoms with Crippen LogP contribution in [-0.2, 0) is 11.0 Å². The number of nitrogens with one attached hydrogen (secondary N) is 2. The first-order valence-corrected chi connectivity index (χ1v) is 5.98. The average Bonchev–Trinajstić information content (AvgIpc) is 2.28. The molecule has 1 aromatic carbocycles. The minimum Gasteiger partial charge on any atom is -0.497 e. The van der Waals surface area contributed by atoms with E-state index in [1.165, 1.54) is 5.01 Å². The number of hydrogen-bond donors (Lipinski definition) is 2. The molecule has 0 radical (unpaired) electrons. The molecule has 0 saturated heterocycles. The summed E-state index contributed by atoms with van der Waals surface area (Å²) in [5.41, 5.74) is 2.43. The van der Waals surface area contributed by atoms with Crippen molar-refractivity contribution >= 4 is 17.0 Å². The molecule has 1 unspecified atom stereocenters. The molecule has 1 rings (SSSR count). The van der Waals surface area contributed by atoms with Gasteiger partial charge in [-0.1, -0.05) is 0 Å². The first-order chi connectivity index (χ1) is 8.02. The number of rotatable bonds is 4. The number of ether oxygens (including phenoxy) is 1. The fourth-order valence-corrected chi connectivity index (χ4v) is 1.78. The number of amides is 2. The molecule has 0 aliphatic rings. The Labute approximate surface area is 103 Å². The molecule has 6 nitrogen and oxygen atoms in total. The molecular formula is C10H15N3O3S. The Bertz CT molecular complexity index is 406. The van der Waals surface area contributed by atoms with E-state index in [1.54, 1.807) is 45.5 Å². The zero-order valence-electron chi connectivity index (χ0n) is 9.89. The van der Waals surface area contributed by atoms with Crippen molar-refractivity contribution in [1.29, 1.82) is 0 Å². The third kappa shape index (κ3) is 4.41. The number of carbonyl (C=O) groups excluding carboxylic acids is 1. The Kier molecular flexibility index (Phi) is 4.92. The molecule has 0 aromatic heterocycles. The lowest BCUT2D eigenvalue weighted by Gasteiger charge is -2.12. The fraction of sp³-hybridized carbons (Fsp3) is 0.300. The van der Waals surface area contributed by atoms with Crippen LogP contribution in [0, 0.1) is 0 Å². The molecule has 1 aromatic rings. The summed E-state index contributed by atoms with van der Waals surface area (Å²) in [5, 5.41) is 1.46. The van der Waals surface area contributed by atoms with Crippen molar-refractivity contribution in [1.82, 2.24) is 15.2 Å². The quantitative estimate of drug-likeness (QED) is 0.770. The highest BCUT2D eigenvalue weighted by atomic mass is 32.2. The van der Waals surface area contributed by atoms with Crippen molar-refractivity contribution in [3.63, 3.8) is 0 Å². The highest BCUT2D eigenvalue weighted by Crippen LogP contribution is 2.13. The summed E-state index contributed by atoms with van der Waals surface area (Å²) in [5.74, 6) is 0.670. The molecule has 1 atom stereocenters. The van der Waals surface area contributed by atoms with E-state index < -0.39 is 17.0 Å². The van der Waals surface area contributed by atoms with Gasteiger partial charge < -0.3 is 4.74 Å². The molecule has 94 valence electrons. The van der Waals surface area contributed by atoms with Crippen LogP contribution in [-0.4, -0.2) is 36.5 Å². The van der Waals surface area contributed by atoms with Crippen molar-refractivity contribution < 1.29 is 13.7 Å². The predicted octanol–water partition coefficient (Wildman–Crippen LogP) is 0.494. The minimum atomic E-state index is -1.58. The number of urea groups is 1. The molecule has 2 N–H and O–H groups in total. The van der Waals surface area contributed by atoms with Crippen LogP contribution in [0.25, 0.3) is 0 Å². The molecule has 17 heavy (non-hydrogen) atoms. The van der Waals surface area contributed by atoms with E-state index in [9.17, 15) is 9.00 Å². The SMILES string of the molecule is COc1ccc(S(=O)NC(=O)NN(C)C)cc1. The Hall–Kier alpha value is -1.60. The van der Waals surface area contributed by atoms with Crippen molar-refractivity contribution in [2.75, 3.05) is 21.2 Å². The second kappa shape index (κ2) is 6.21. The maximum atomic E-state index is 11.7. The Morgan fingerprint density at radius 2 is 1.88 bits per heavy atom. The van der Waals surface area contributed by atoms with Gasteiger partial charge in [0.05, 0.1) is 12.0 Å². The van der Waals surface area contributed by atoms with Gasteiger partial charge in [-0.2, -0.15) is 0 Å². The lowest BCUT2D eigenvalue weighted by molar-refractivity contribution is 0.218. The van der Waals surface area contributed by atoms with Crippen LogP contribution in [0.5, 0.6) is 5.75 Å². The first kappa shape index (κ1) is 13.5. The van der Waals surface area contributed by atoms with Crippen LogP contribution in [0.15, 0.2) is 29.2 Å². The van der Waals surface area contributed by atoms with E-state index in [0.29, 0.717) is 10.6 Å². The van der Waals surface area contributed by atoms with Gasteiger partial charge >= 0.3 is 6.03 Å². The number of methoxy groups -OCH3 is 1. The molecule has 0 saturated carbocycles. The zero-order chi connectivity index (χ0) is 12.8. The highest BCUT2D eigenvalue weighted by Gasteiger charge is 2.08. The highest BCUT2D eigenvalue weighted by molar-refractivity contribution is 7.83. The molecule has 0 heterocycles.